The molecule has 1 aliphatic heterocycles. The molecule has 1 aliphatic rings. The molecule has 3 heteroatoms. The van der Waals surface area contributed by atoms with Crippen LogP contribution in [0.25, 0.3) is 0 Å². The first-order chi connectivity index (χ1) is 9.65. The quantitative estimate of drug-likeness (QED) is 0.826. The van der Waals surface area contributed by atoms with Gasteiger partial charge in [0.05, 0.1) is 0 Å². The van der Waals surface area contributed by atoms with Gasteiger partial charge in [0.25, 0.3) is 0 Å². The highest BCUT2D eigenvalue weighted by Gasteiger charge is 2.29. The van der Waals surface area contributed by atoms with Gasteiger partial charge >= 0.3 is 0 Å². The third-order valence-electron chi connectivity index (χ3n) is 4.24. The van der Waals surface area contributed by atoms with Crippen molar-refractivity contribution in [3.63, 3.8) is 0 Å². The number of nitrogens with zero attached hydrogens (tertiary/aromatic N) is 1. The van der Waals surface area contributed by atoms with Gasteiger partial charge in [0.1, 0.15) is 0 Å². The fourth-order valence-electron chi connectivity index (χ4n) is 3.04. The van der Waals surface area contributed by atoms with E-state index in [1.165, 1.54) is 23.4 Å². The second-order valence-electron chi connectivity index (χ2n) is 6.06. The lowest BCUT2D eigenvalue weighted by Crippen LogP contribution is -2.58. The van der Waals surface area contributed by atoms with Crippen molar-refractivity contribution in [2.24, 2.45) is 5.92 Å². The first-order valence-electron chi connectivity index (χ1n) is 7.79. The highest BCUT2D eigenvalue weighted by molar-refractivity contribution is 7.98. The van der Waals surface area contributed by atoms with Gasteiger partial charge in [0.15, 0.2) is 0 Å². The van der Waals surface area contributed by atoms with Gasteiger partial charge in [-0.15, -0.1) is 11.8 Å². The maximum Gasteiger partial charge on any atom is 0.0438 e. The highest BCUT2D eigenvalue weighted by Crippen LogP contribution is 2.26. The summed E-state index contributed by atoms with van der Waals surface area (Å²) in [7, 11) is 0. The number of thioether (sulfide) groups is 1. The fraction of sp³-hybridized carbons (Fsp3) is 0.647. The number of hydrogen-bond acceptors (Lipinski definition) is 3. The molecule has 0 amide bonds. The van der Waals surface area contributed by atoms with Crippen LogP contribution in [-0.4, -0.2) is 31.4 Å². The normalized spacial score (nSPS) is 23.4. The van der Waals surface area contributed by atoms with Crippen LogP contribution in [0.2, 0.25) is 0 Å². The van der Waals surface area contributed by atoms with E-state index in [0.29, 0.717) is 18.0 Å². The Morgan fingerprint density at radius 2 is 2.00 bits per heavy atom. The van der Waals surface area contributed by atoms with Crippen LogP contribution in [-0.2, 0) is 0 Å². The molecular formula is C17H28N2S. The van der Waals surface area contributed by atoms with Gasteiger partial charge in [-0.3, -0.25) is 0 Å². The summed E-state index contributed by atoms with van der Waals surface area (Å²) in [6.45, 7) is 9.17. The van der Waals surface area contributed by atoms with Crippen molar-refractivity contribution < 1.29 is 0 Å². The summed E-state index contributed by atoms with van der Waals surface area (Å²) >= 11 is 1.81. The second kappa shape index (κ2) is 7.37. The van der Waals surface area contributed by atoms with Crippen LogP contribution in [0.5, 0.6) is 0 Å². The van der Waals surface area contributed by atoms with Crippen LogP contribution in [0.4, 0.5) is 5.69 Å². The molecule has 2 atom stereocenters. The van der Waals surface area contributed by atoms with Crippen LogP contribution >= 0.6 is 11.8 Å². The largest absolute Gasteiger partial charge is 0.365 e. The zero-order valence-electron chi connectivity index (χ0n) is 13.2. The Morgan fingerprint density at radius 1 is 1.30 bits per heavy atom. The monoisotopic (exact) mass is 292 g/mol. The van der Waals surface area contributed by atoms with Crippen molar-refractivity contribution in [2.45, 2.75) is 50.6 Å². The van der Waals surface area contributed by atoms with E-state index >= 15 is 0 Å². The Morgan fingerprint density at radius 3 is 2.55 bits per heavy atom. The Balaban J connectivity index is 2.17. The second-order valence-corrected chi connectivity index (χ2v) is 6.94. The molecular weight excluding hydrogens is 264 g/mol. The standard InChI is InChI=1S/C17H28N2S/c1-5-6-14-12-19(17(11-18-14)13(2)3)15-7-9-16(20-4)10-8-15/h7-10,13-14,17-18H,5-6,11-12H2,1-4H3. The number of rotatable bonds is 5. The van der Waals surface area contributed by atoms with E-state index in [0.717, 1.165) is 13.1 Å². The molecule has 1 aromatic carbocycles. The molecule has 2 nitrogen and oxygen atoms in total. The summed E-state index contributed by atoms with van der Waals surface area (Å²) in [5.74, 6) is 0.672. The van der Waals surface area contributed by atoms with Gasteiger partial charge in [0, 0.05) is 35.8 Å². The van der Waals surface area contributed by atoms with Gasteiger partial charge in [-0.1, -0.05) is 27.2 Å². The molecule has 0 radical (unpaired) electrons. The summed E-state index contributed by atoms with van der Waals surface area (Å²) in [5.41, 5.74) is 1.38. The first kappa shape index (κ1) is 15.7. The molecule has 1 saturated heterocycles. The molecule has 1 N–H and O–H groups in total. The van der Waals surface area contributed by atoms with Gasteiger partial charge in [-0.2, -0.15) is 0 Å². The zero-order valence-corrected chi connectivity index (χ0v) is 14.0. The van der Waals surface area contributed by atoms with E-state index in [1.54, 1.807) is 0 Å². The average molecular weight is 292 g/mol. The fourth-order valence-corrected chi connectivity index (χ4v) is 3.45. The number of nitrogens with one attached hydrogen (secondary N) is 1. The average Bonchev–Trinajstić information content (AvgIpc) is 2.47. The van der Waals surface area contributed by atoms with Crippen LogP contribution in [0.15, 0.2) is 29.2 Å². The van der Waals surface area contributed by atoms with Crippen LogP contribution in [0.3, 0.4) is 0 Å². The summed E-state index contributed by atoms with van der Waals surface area (Å²) in [5, 5.41) is 3.73. The molecule has 0 saturated carbocycles. The molecule has 0 aromatic heterocycles. The molecule has 1 aromatic rings. The number of piperazine rings is 1. The van der Waals surface area contributed by atoms with Gasteiger partial charge in [-0.05, 0) is 42.9 Å². The summed E-state index contributed by atoms with van der Waals surface area (Å²) < 4.78 is 0. The van der Waals surface area contributed by atoms with Crippen LogP contribution < -0.4 is 10.2 Å². The first-order valence-corrected chi connectivity index (χ1v) is 9.02. The minimum Gasteiger partial charge on any atom is -0.365 e. The molecule has 112 valence electrons. The van der Waals surface area contributed by atoms with Crippen molar-refractivity contribution in [1.82, 2.24) is 5.32 Å². The topological polar surface area (TPSA) is 15.3 Å². The minimum absolute atomic E-state index is 0.600. The summed E-state index contributed by atoms with van der Waals surface area (Å²) in [4.78, 5) is 3.96. The van der Waals surface area contributed by atoms with E-state index < -0.39 is 0 Å². The van der Waals surface area contributed by atoms with E-state index in [1.807, 2.05) is 11.8 Å². The predicted octanol–water partition coefficient (Wildman–Crippen LogP) is 4.01. The molecule has 1 heterocycles. The third kappa shape index (κ3) is 3.70. The molecule has 20 heavy (non-hydrogen) atoms. The highest BCUT2D eigenvalue weighted by atomic mass is 32.2. The SMILES string of the molecule is CCCC1CN(c2ccc(SC)cc2)C(C(C)C)CN1. The number of anilines is 1. The maximum atomic E-state index is 3.73. The van der Waals surface area contributed by atoms with Crippen molar-refractivity contribution in [1.29, 1.82) is 0 Å². The maximum absolute atomic E-state index is 3.73. The lowest BCUT2D eigenvalue weighted by atomic mass is 9.96. The van der Waals surface area contributed by atoms with E-state index in [2.05, 4.69) is 61.5 Å². The van der Waals surface area contributed by atoms with Crippen molar-refractivity contribution >= 4 is 17.4 Å². The van der Waals surface area contributed by atoms with E-state index in [4.69, 9.17) is 0 Å². The minimum atomic E-state index is 0.600. The van der Waals surface area contributed by atoms with E-state index in [9.17, 15) is 0 Å². The lowest BCUT2D eigenvalue weighted by molar-refractivity contribution is 0.327. The smallest absolute Gasteiger partial charge is 0.0438 e. The molecule has 2 rings (SSSR count). The van der Waals surface area contributed by atoms with Crippen LogP contribution in [0, 0.1) is 5.92 Å². The third-order valence-corrected chi connectivity index (χ3v) is 4.99. The van der Waals surface area contributed by atoms with Gasteiger partial charge in [0.2, 0.25) is 0 Å². The molecule has 0 aliphatic carbocycles. The molecule has 0 bridgehead atoms. The Hall–Kier alpha value is -0.670. The van der Waals surface area contributed by atoms with Gasteiger partial charge < -0.3 is 10.2 Å². The number of hydrogen-bond donors (Lipinski definition) is 1. The summed E-state index contributed by atoms with van der Waals surface area (Å²) in [6.07, 6.45) is 4.65. The van der Waals surface area contributed by atoms with Crippen LogP contribution in [0.1, 0.15) is 33.6 Å². The van der Waals surface area contributed by atoms with Crippen molar-refractivity contribution in [3.05, 3.63) is 24.3 Å². The Bertz CT molecular complexity index is 402. The zero-order chi connectivity index (χ0) is 14.5. The van der Waals surface area contributed by atoms with Crippen molar-refractivity contribution in [3.8, 4) is 0 Å². The number of benzene rings is 1. The van der Waals surface area contributed by atoms with Gasteiger partial charge in [-0.25, -0.2) is 0 Å². The Labute approximate surface area is 128 Å². The Kier molecular flexibility index (Phi) is 5.79. The van der Waals surface area contributed by atoms with Crippen molar-refractivity contribution in [2.75, 3.05) is 24.2 Å². The molecule has 2 unspecified atom stereocenters. The molecule has 1 fully saturated rings. The lowest BCUT2D eigenvalue weighted by Gasteiger charge is -2.44. The predicted molar refractivity (Wildman–Crippen MR) is 90.9 cm³/mol. The molecule has 0 spiro atoms. The van der Waals surface area contributed by atoms with E-state index in [-0.39, 0.29) is 0 Å². The summed E-state index contributed by atoms with van der Waals surface area (Å²) in [6, 6.07) is 10.3.